The smallest absolute Gasteiger partial charge is 0.326 e. The minimum atomic E-state index is -1.59. The number of hydrogen-bond donors (Lipinski definition) is 11. The molecule has 58 heavy (non-hydrogen) atoms. The van der Waals surface area contributed by atoms with E-state index in [1.165, 1.54) is 34.8 Å². The van der Waals surface area contributed by atoms with Crippen molar-refractivity contribution in [2.75, 3.05) is 26.9 Å². The molecule has 2 heterocycles. The molecule has 0 aromatic rings. The largest absolute Gasteiger partial charge is 0.480 e. The average Bonchev–Trinajstić information content (AvgIpc) is 3.15. The van der Waals surface area contributed by atoms with E-state index in [0.717, 1.165) is 0 Å². The lowest BCUT2D eigenvalue weighted by molar-refractivity contribution is -0.320. The number of unbranched alkanes of at least 4 members (excludes halogenated alkanes) is 1. The van der Waals surface area contributed by atoms with Crippen LogP contribution in [-0.4, -0.2) is 179 Å². The monoisotopic (exact) mass is 836 g/mol. The maximum Gasteiger partial charge on any atom is 0.326 e. The lowest BCUT2D eigenvalue weighted by Crippen LogP contribution is -2.69. The minimum Gasteiger partial charge on any atom is -0.480 e. The van der Waals surface area contributed by atoms with Gasteiger partial charge in [0.15, 0.2) is 6.29 Å². The number of aliphatic hydroxyl groups is 3. The van der Waals surface area contributed by atoms with Crippen molar-refractivity contribution in [3.05, 3.63) is 0 Å². The van der Waals surface area contributed by atoms with Crippen molar-refractivity contribution in [2.24, 2.45) is 5.73 Å². The number of carboxylic acid groups (broad SMARTS) is 2. The van der Waals surface area contributed by atoms with Crippen LogP contribution in [-0.2, 0) is 57.2 Å². The third kappa shape index (κ3) is 14.6. The van der Waals surface area contributed by atoms with E-state index in [2.05, 4.69) is 26.6 Å². The second-order valence-corrected chi connectivity index (χ2v) is 14.2. The summed E-state index contributed by atoms with van der Waals surface area (Å²) in [5.74, 6) is -6.45. The SMILES string of the molecule is CO[C@H]1[C@H](O)[C@@H](NC(C)=O)[C@H](OC2[C@@H](CO)OC(C)[C@H](NC(C)=O)[C@H]2O[C@H](C)C(=O)N[C@@H](C)C(=O)N[C@H](CCC(=O)N[C@@H](CCCCN)C(=O)O)C(=O)O)O[C@@H]1CO. The van der Waals surface area contributed by atoms with E-state index in [1.54, 1.807) is 6.92 Å². The number of carbonyl (C=O) groups is 7. The standard InChI is InChI=1S/C35H60N6O17/c1-15(31(48)41-21(34(52)53)10-11-24(46)40-20(33(50)51)9-7-8-12-36)37-32(49)17(3)56-30-25(38-18(4)44)16(2)55-23(14-43)29(30)58-35-26(39-19(5)45)27(47)28(54-6)22(13-42)57-35/h15-17,20-23,25-30,35,42-43,47H,7-14,36H2,1-6H3,(H,37,49)(H,38,44)(H,39,45)(H,40,46)(H,41,48)(H,50,51)(H,52,53)/t15-,16?,17+,20-,21+,22+,23+,25-,26+,27+,28+,29?,30+,35-/m0/s1. The van der Waals surface area contributed by atoms with Crippen molar-refractivity contribution in [1.29, 1.82) is 0 Å². The van der Waals surface area contributed by atoms with Gasteiger partial charge >= 0.3 is 11.9 Å². The molecule has 23 nitrogen and oxygen atoms in total. The summed E-state index contributed by atoms with van der Waals surface area (Å²) in [6.07, 6.45) is -11.1. The van der Waals surface area contributed by atoms with Crippen molar-refractivity contribution in [1.82, 2.24) is 26.6 Å². The first-order valence-corrected chi connectivity index (χ1v) is 18.9. The number of aliphatic carboxylic acids is 2. The van der Waals surface area contributed by atoms with Gasteiger partial charge in [0.25, 0.3) is 0 Å². The second kappa shape index (κ2) is 24.1. The van der Waals surface area contributed by atoms with Crippen molar-refractivity contribution >= 4 is 41.5 Å². The Morgan fingerprint density at radius 1 is 0.759 bits per heavy atom. The Morgan fingerprint density at radius 2 is 1.33 bits per heavy atom. The van der Waals surface area contributed by atoms with Crippen molar-refractivity contribution in [3.8, 4) is 0 Å². The van der Waals surface area contributed by atoms with Crippen LogP contribution in [0.15, 0.2) is 0 Å². The van der Waals surface area contributed by atoms with Gasteiger partial charge in [0, 0.05) is 27.4 Å². The summed E-state index contributed by atoms with van der Waals surface area (Å²) >= 11 is 0. The normalized spacial score (nSPS) is 29.1. The van der Waals surface area contributed by atoms with E-state index in [4.69, 9.17) is 29.4 Å². The summed E-state index contributed by atoms with van der Waals surface area (Å²) in [4.78, 5) is 86.9. The predicted octanol–water partition coefficient (Wildman–Crippen LogP) is -4.42. The fourth-order valence-electron chi connectivity index (χ4n) is 6.59. The minimum absolute atomic E-state index is 0.117. The van der Waals surface area contributed by atoms with Gasteiger partial charge in [-0.25, -0.2) is 9.59 Å². The molecule has 2 aliphatic heterocycles. The molecule has 2 unspecified atom stereocenters. The quantitative estimate of drug-likeness (QED) is 0.0433. The van der Waals surface area contributed by atoms with Gasteiger partial charge in [-0.1, -0.05) is 0 Å². The molecule has 0 bridgehead atoms. The van der Waals surface area contributed by atoms with Crippen LogP contribution in [0.2, 0.25) is 0 Å². The third-order valence-corrected chi connectivity index (χ3v) is 9.61. The summed E-state index contributed by atoms with van der Waals surface area (Å²) in [6, 6.07) is -6.49. The van der Waals surface area contributed by atoms with Gasteiger partial charge in [0.1, 0.15) is 66.9 Å². The zero-order chi connectivity index (χ0) is 43.9. The zero-order valence-electron chi connectivity index (χ0n) is 33.5. The number of hydrogen-bond acceptors (Lipinski definition) is 16. The molecular formula is C35H60N6O17. The van der Waals surface area contributed by atoms with Crippen molar-refractivity contribution in [2.45, 2.75) is 152 Å². The Balaban J connectivity index is 2.24. The number of amides is 5. The third-order valence-electron chi connectivity index (χ3n) is 9.61. The Hall–Kier alpha value is -4.07. The molecule has 23 heteroatoms. The highest BCUT2D eigenvalue weighted by atomic mass is 16.7. The maximum absolute atomic E-state index is 13.4. The fraction of sp³-hybridized carbons (Fsp3) is 0.800. The molecule has 332 valence electrons. The molecule has 0 saturated carbocycles. The summed E-state index contributed by atoms with van der Waals surface area (Å²) in [5, 5.41) is 62.7. The molecule has 2 saturated heterocycles. The first-order valence-electron chi connectivity index (χ1n) is 18.9. The predicted molar refractivity (Wildman–Crippen MR) is 197 cm³/mol. The average molecular weight is 837 g/mol. The lowest BCUT2D eigenvalue weighted by Gasteiger charge is -2.49. The number of aliphatic hydroxyl groups excluding tert-OH is 3. The highest BCUT2D eigenvalue weighted by Crippen LogP contribution is 2.32. The highest BCUT2D eigenvalue weighted by molar-refractivity contribution is 5.91. The first-order chi connectivity index (χ1) is 27.3. The molecule has 14 atom stereocenters. The molecule has 2 aliphatic rings. The number of carbonyl (C=O) groups excluding carboxylic acids is 5. The molecule has 0 aromatic carbocycles. The summed E-state index contributed by atoms with van der Waals surface area (Å²) in [5.41, 5.74) is 5.43. The topological polar surface area (TPSA) is 353 Å². The summed E-state index contributed by atoms with van der Waals surface area (Å²) < 4.78 is 29.5. The van der Waals surface area contributed by atoms with Gasteiger partial charge in [-0.05, 0) is 53.0 Å². The number of ether oxygens (including phenoxy) is 5. The zero-order valence-corrected chi connectivity index (χ0v) is 33.5. The van der Waals surface area contributed by atoms with Gasteiger partial charge in [0.2, 0.25) is 29.5 Å². The second-order valence-electron chi connectivity index (χ2n) is 14.2. The molecule has 0 radical (unpaired) electrons. The molecule has 0 aliphatic carbocycles. The van der Waals surface area contributed by atoms with Crippen LogP contribution in [0, 0.1) is 0 Å². The lowest BCUT2D eigenvalue weighted by atomic mass is 9.91. The van der Waals surface area contributed by atoms with E-state index >= 15 is 0 Å². The summed E-state index contributed by atoms with van der Waals surface area (Å²) in [7, 11) is 1.27. The van der Waals surface area contributed by atoms with Gasteiger partial charge < -0.3 is 81.5 Å². The molecule has 2 rings (SSSR count). The van der Waals surface area contributed by atoms with E-state index in [1.807, 2.05) is 0 Å². The van der Waals surface area contributed by atoms with Gasteiger partial charge in [0.05, 0.1) is 25.4 Å². The van der Waals surface area contributed by atoms with Crippen LogP contribution < -0.4 is 32.3 Å². The maximum atomic E-state index is 13.4. The van der Waals surface area contributed by atoms with Crippen LogP contribution in [0.25, 0.3) is 0 Å². The molecule has 0 aromatic heterocycles. The van der Waals surface area contributed by atoms with Crippen molar-refractivity contribution in [3.63, 3.8) is 0 Å². The summed E-state index contributed by atoms with van der Waals surface area (Å²) in [6.45, 7) is 5.56. The Morgan fingerprint density at radius 3 is 1.86 bits per heavy atom. The number of rotatable bonds is 23. The first kappa shape index (κ1) is 50.1. The van der Waals surface area contributed by atoms with Gasteiger partial charge in [-0.2, -0.15) is 0 Å². The van der Waals surface area contributed by atoms with Gasteiger partial charge in [-0.15, -0.1) is 0 Å². The van der Waals surface area contributed by atoms with E-state index in [0.29, 0.717) is 19.4 Å². The van der Waals surface area contributed by atoms with E-state index in [9.17, 15) is 59.1 Å². The van der Waals surface area contributed by atoms with E-state index in [-0.39, 0.29) is 6.42 Å². The molecule has 2 fully saturated rings. The van der Waals surface area contributed by atoms with Crippen LogP contribution in [0.5, 0.6) is 0 Å². The molecule has 5 amide bonds. The highest BCUT2D eigenvalue weighted by Gasteiger charge is 2.52. The number of nitrogens with one attached hydrogen (secondary N) is 5. The van der Waals surface area contributed by atoms with Crippen LogP contribution in [0.3, 0.4) is 0 Å². The Bertz CT molecular complexity index is 1410. The molecular weight excluding hydrogens is 776 g/mol. The van der Waals surface area contributed by atoms with Crippen molar-refractivity contribution < 1.29 is 82.8 Å². The molecule has 0 spiro atoms. The number of carboxylic acids is 2. The number of nitrogens with two attached hydrogens (primary N) is 1. The van der Waals surface area contributed by atoms with Gasteiger partial charge in [-0.3, -0.25) is 24.0 Å². The van der Waals surface area contributed by atoms with E-state index < -0.39 is 153 Å². The van der Waals surface area contributed by atoms with Crippen LogP contribution >= 0.6 is 0 Å². The Kier molecular flexibility index (Phi) is 20.8. The van der Waals surface area contributed by atoms with Crippen LogP contribution in [0.1, 0.15) is 66.7 Å². The molecule has 12 N–H and O–H groups in total. The fourth-order valence-corrected chi connectivity index (χ4v) is 6.59. The van der Waals surface area contributed by atoms with Crippen LogP contribution in [0.4, 0.5) is 0 Å². The Labute approximate surface area is 335 Å². The number of methoxy groups -OCH3 is 1.